The molecule has 11 heavy (non-hydrogen) atoms. The number of rotatable bonds is 1. The summed E-state index contributed by atoms with van der Waals surface area (Å²) >= 11 is 0. The van der Waals surface area contributed by atoms with Gasteiger partial charge in [0.15, 0.2) is 0 Å². The van der Waals surface area contributed by atoms with Crippen LogP contribution in [0.4, 0.5) is 0 Å². The molecule has 2 N–H and O–H groups in total. The minimum Gasteiger partial charge on any atom is -0.396 e. The summed E-state index contributed by atoms with van der Waals surface area (Å²) in [5.41, 5.74) is 0.556. The van der Waals surface area contributed by atoms with Crippen molar-refractivity contribution in [2.75, 3.05) is 19.7 Å². The number of hydrogen-bond donors (Lipinski definition) is 2. The first-order valence-electron chi connectivity index (χ1n) is 4.69. The van der Waals surface area contributed by atoms with E-state index in [-0.39, 0.29) is 0 Å². The molecule has 2 heteroatoms. The molecule has 0 aromatic carbocycles. The van der Waals surface area contributed by atoms with E-state index in [1.54, 1.807) is 0 Å². The van der Waals surface area contributed by atoms with Crippen LogP contribution in [0.3, 0.4) is 0 Å². The van der Waals surface area contributed by atoms with E-state index < -0.39 is 0 Å². The van der Waals surface area contributed by atoms with Gasteiger partial charge in [0.2, 0.25) is 0 Å². The third kappa shape index (κ3) is 1.09. The zero-order valence-electron chi connectivity index (χ0n) is 6.97. The Bertz CT molecular complexity index is 142. The van der Waals surface area contributed by atoms with Gasteiger partial charge >= 0.3 is 0 Å². The Balaban J connectivity index is 2.02. The van der Waals surface area contributed by atoms with Crippen LogP contribution in [0, 0.1) is 11.3 Å². The predicted octanol–water partition coefficient (Wildman–Crippen LogP) is 0.758. The van der Waals surface area contributed by atoms with Crippen molar-refractivity contribution in [1.29, 1.82) is 0 Å². The SMILES string of the molecule is OCC1CNCCC12CCC2. The zero-order valence-corrected chi connectivity index (χ0v) is 6.97. The normalized spacial score (nSPS) is 35.2. The number of nitrogens with one attached hydrogen (secondary N) is 1. The average Bonchev–Trinajstić information content (AvgIpc) is 2.01. The van der Waals surface area contributed by atoms with Crippen LogP contribution in [-0.2, 0) is 0 Å². The van der Waals surface area contributed by atoms with E-state index in [2.05, 4.69) is 5.32 Å². The van der Waals surface area contributed by atoms with Crippen molar-refractivity contribution in [2.24, 2.45) is 11.3 Å². The Kier molecular flexibility index (Phi) is 1.90. The van der Waals surface area contributed by atoms with Gasteiger partial charge in [-0.2, -0.15) is 0 Å². The second kappa shape index (κ2) is 2.76. The van der Waals surface area contributed by atoms with Gasteiger partial charge < -0.3 is 10.4 Å². The monoisotopic (exact) mass is 155 g/mol. The van der Waals surface area contributed by atoms with Crippen molar-refractivity contribution in [3.8, 4) is 0 Å². The third-order valence-electron chi connectivity index (χ3n) is 3.63. The lowest BCUT2D eigenvalue weighted by atomic mass is 9.58. The van der Waals surface area contributed by atoms with E-state index in [4.69, 9.17) is 5.11 Å². The number of hydrogen-bond acceptors (Lipinski definition) is 2. The van der Waals surface area contributed by atoms with E-state index in [9.17, 15) is 0 Å². The van der Waals surface area contributed by atoms with Crippen LogP contribution in [0.5, 0.6) is 0 Å². The van der Waals surface area contributed by atoms with Crippen LogP contribution in [-0.4, -0.2) is 24.8 Å². The first kappa shape index (κ1) is 7.56. The van der Waals surface area contributed by atoms with Crippen molar-refractivity contribution in [1.82, 2.24) is 5.32 Å². The van der Waals surface area contributed by atoms with Crippen LogP contribution < -0.4 is 5.32 Å². The van der Waals surface area contributed by atoms with Gasteiger partial charge in [0.1, 0.15) is 0 Å². The van der Waals surface area contributed by atoms with E-state index in [0.29, 0.717) is 17.9 Å². The Labute approximate surface area is 68.0 Å². The van der Waals surface area contributed by atoms with E-state index in [0.717, 1.165) is 13.1 Å². The van der Waals surface area contributed by atoms with Crippen molar-refractivity contribution < 1.29 is 5.11 Å². The van der Waals surface area contributed by atoms with E-state index in [1.165, 1.54) is 25.7 Å². The maximum Gasteiger partial charge on any atom is 0.0476 e. The molecule has 1 saturated heterocycles. The average molecular weight is 155 g/mol. The van der Waals surface area contributed by atoms with Gasteiger partial charge in [0.05, 0.1) is 0 Å². The minimum atomic E-state index is 0.382. The summed E-state index contributed by atoms with van der Waals surface area (Å²) < 4.78 is 0. The van der Waals surface area contributed by atoms with Gasteiger partial charge in [-0.25, -0.2) is 0 Å². The predicted molar refractivity (Wildman–Crippen MR) is 44.3 cm³/mol. The summed E-state index contributed by atoms with van der Waals surface area (Å²) in [7, 11) is 0. The summed E-state index contributed by atoms with van der Waals surface area (Å²) in [6, 6.07) is 0. The fourth-order valence-corrected chi connectivity index (χ4v) is 2.58. The largest absolute Gasteiger partial charge is 0.396 e. The molecule has 0 aromatic heterocycles. The van der Waals surface area contributed by atoms with Crippen LogP contribution in [0.2, 0.25) is 0 Å². The number of aliphatic hydroxyl groups excluding tert-OH is 1. The van der Waals surface area contributed by atoms with Gasteiger partial charge in [0.25, 0.3) is 0 Å². The van der Waals surface area contributed by atoms with Gasteiger partial charge in [-0.05, 0) is 31.2 Å². The lowest BCUT2D eigenvalue weighted by Crippen LogP contribution is -2.50. The molecule has 0 bridgehead atoms. The fraction of sp³-hybridized carbons (Fsp3) is 1.00. The molecule has 1 spiro atoms. The van der Waals surface area contributed by atoms with E-state index in [1.807, 2.05) is 0 Å². The molecular weight excluding hydrogens is 138 g/mol. The third-order valence-corrected chi connectivity index (χ3v) is 3.63. The molecular formula is C9H17NO. The molecule has 1 heterocycles. The van der Waals surface area contributed by atoms with Crippen molar-refractivity contribution in [2.45, 2.75) is 25.7 Å². The first-order chi connectivity index (χ1) is 5.37. The highest BCUT2D eigenvalue weighted by Gasteiger charge is 2.44. The highest BCUT2D eigenvalue weighted by Crippen LogP contribution is 2.50. The molecule has 1 unspecified atom stereocenters. The number of aliphatic hydroxyl groups is 1. The molecule has 1 atom stereocenters. The quantitative estimate of drug-likeness (QED) is 0.586. The highest BCUT2D eigenvalue weighted by atomic mass is 16.3. The fourth-order valence-electron chi connectivity index (χ4n) is 2.58. The summed E-state index contributed by atoms with van der Waals surface area (Å²) in [4.78, 5) is 0. The van der Waals surface area contributed by atoms with Crippen molar-refractivity contribution in [3.63, 3.8) is 0 Å². The summed E-state index contributed by atoms with van der Waals surface area (Å²) in [5, 5.41) is 12.5. The summed E-state index contributed by atoms with van der Waals surface area (Å²) in [6.07, 6.45) is 5.40. The maximum atomic E-state index is 9.15. The zero-order chi connectivity index (χ0) is 7.73. The minimum absolute atomic E-state index is 0.382. The molecule has 1 aliphatic heterocycles. The smallest absolute Gasteiger partial charge is 0.0476 e. The van der Waals surface area contributed by atoms with Crippen LogP contribution in [0.25, 0.3) is 0 Å². The van der Waals surface area contributed by atoms with Gasteiger partial charge in [0, 0.05) is 19.1 Å². The topological polar surface area (TPSA) is 32.3 Å². The lowest BCUT2D eigenvalue weighted by Gasteiger charge is -2.50. The Morgan fingerprint density at radius 2 is 2.18 bits per heavy atom. The standard InChI is InChI=1S/C9H17NO/c11-7-8-6-10-5-4-9(8)2-1-3-9/h8,10-11H,1-7H2. The molecule has 2 aliphatic rings. The highest BCUT2D eigenvalue weighted by molar-refractivity contribution is 4.96. The van der Waals surface area contributed by atoms with E-state index >= 15 is 0 Å². The molecule has 64 valence electrons. The molecule has 2 rings (SSSR count). The Morgan fingerprint density at radius 1 is 1.36 bits per heavy atom. The molecule has 2 nitrogen and oxygen atoms in total. The van der Waals surface area contributed by atoms with Crippen LogP contribution >= 0.6 is 0 Å². The lowest BCUT2D eigenvalue weighted by molar-refractivity contribution is -0.0125. The Morgan fingerprint density at radius 3 is 2.64 bits per heavy atom. The van der Waals surface area contributed by atoms with Crippen molar-refractivity contribution >= 4 is 0 Å². The summed E-state index contributed by atoms with van der Waals surface area (Å²) in [5.74, 6) is 0.546. The van der Waals surface area contributed by atoms with Gasteiger partial charge in [-0.1, -0.05) is 6.42 Å². The number of piperidine rings is 1. The molecule has 2 fully saturated rings. The first-order valence-corrected chi connectivity index (χ1v) is 4.69. The molecule has 0 radical (unpaired) electrons. The van der Waals surface area contributed by atoms with Crippen LogP contribution in [0.1, 0.15) is 25.7 Å². The summed E-state index contributed by atoms with van der Waals surface area (Å²) in [6.45, 7) is 2.58. The Hall–Kier alpha value is -0.0800. The van der Waals surface area contributed by atoms with Crippen LogP contribution in [0.15, 0.2) is 0 Å². The molecule has 1 saturated carbocycles. The molecule has 1 aliphatic carbocycles. The molecule has 0 aromatic rings. The van der Waals surface area contributed by atoms with Gasteiger partial charge in [-0.15, -0.1) is 0 Å². The molecule has 0 amide bonds. The second-order valence-corrected chi connectivity index (χ2v) is 4.05. The van der Waals surface area contributed by atoms with Gasteiger partial charge in [-0.3, -0.25) is 0 Å². The maximum absolute atomic E-state index is 9.15. The second-order valence-electron chi connectivity index (χ2n) is 4.05. The van der Waals surface area contributed by atoms with Crippen molar-refractivity contribution in [3.05, 3.63) is 0 Å².